The summed E-state index contributed by atoms with van der Waals surface area (Å²) in [6, 6.07) is 5.20. The number of nitrogens with zero attached hydrogens (tertiary/aromatic N) is 1. The Balaban J connectivity index is 2.78. The zero-order valence-electron chi connectivity index (χ0n) is 12.8. The highest BCUT2D eigenvalue weighted by molar-refractivity contribution is 7.71. The number of benzene rings is 1. The lowest BCUT2D eigenvalue weighted by Gasteiger charge is -2.17. The molecule has 0 atom stereocenters. The number of aryl methyl sites for hydroxylation is 1. The van der Waals surface area contributed by atoms with Crippen LogP contribution < -0.4 is 20.8 Å². The largest absolute Gasteiger partial charge is 0.496 e. The van der Waals surface area contributed by atoms with Gasteiger partial charge >= 0.3 is 0 Å². The Hall–Kier alpha value is -2.12. The highest BCUT2D eigenvalue weighted by Gasteiger charge is 2.14. The van der Waals surface area contributed by atoms with Crippen LogP contribution in [-0.2, 0) is 6.54 Å². The summed E-state index contributed by atoms with van der Waals surface area (Å²) in [5, 5.41) is 0. The lowest BCUT2D eigenvalue weighted by Crippen LogP contribution is -2.19. The maximum absolute atomic E-state index is 11.8. The lowest BCUT2D eigenvalue weighted by atomic mass is 10.1. The van der Waals surface area contributed by atoms with Gasteiger partial charge in [-0.2, -0.15) is 0 Å². The topological polar surface area (TPSA) is 82.3 Å². The van der Waals surface area contributed by atoms with Crippen molar-refractivity contribution in [2.45, 2.75) is 13.5 Å². The Morgan fingerprint density at radius 3 is 2.50 bits per heavy atom. The van der Waals surface area contributed by atoms with E-state index in [0.29, 0.717) is 29.3 Å². The summed E-state index contributed by atoms with van der Waals surface area (Å²) in [6.07, 6.45) is 0. The SMILES string of the molecule is COc1cc(OC)c(-c2cc(=O)[nH]c(=S)n2CCN)cc1C. The fourth-order valence-corrected chi connectivity index (χ4v) is 2.64. The second-order valence-electron chi connectivity index (χ2n) is 4.79. The lowest BCUT2D eigenvalue weighted by molar-refractivity contribution is 0.393. The summed E-state index contributed by atoms with van der Waals surface area (Å²) >= 11 is 5.24. The van der Waals surface area contributed by atoms with Crippen molar-refractivity contribution in [2.24, 2.45) is 5.73 Å². The van der Waals surface area contributed by atoms with Gasteiger partial charge in [-0.3, -0.25) is 9.78 Å². The molecule has 2 rings (SSSR count). The smallest absolute Gasteiger partial charge is 0.252 e. The molecule has 2 aromatic rings. The highest BCUT2D eigenvalue weighted by Crippen LogP contribution is 2.35. The van der Waals surface area contributed by atoms with E-state index in [-0.39, 0.29) is 5.56 Å². The molecule has 7 heteroatoms. The Bertz CT molecular complexity index is 796. The summed E-state index contributed by atoms with van der Waals surface area (Å²) in [5.74, 6) is 1.32. The van der Waals surface area contributed by atoms with Gasteiger partial charge in [0.25, 0.3) is 5.56 Å². The van der Waals surface area contributed by atoms with Gasteiger partial charge in [-0.05, 0) is 30.8 Å². The first-order valence-corrected chi connectivity index (χ1v) is 7.19. The average molecular weight is 321 g/mol. The second kappa shape index (κ2) is 6.76. The van der Waals surface area contributed by atoms with Gasteiger partial charge in [-0.15, -0.1) is 0 Å². The number of nitrogens with one attached hydrogen (secondary N) is 1. The summed E-state index contributed by atoms with van der Waals surface area (Å²) in [6.45, 7) is 2.83. The third-order valence-electron chi connectivity index (χ3n) is 3.38. The molecule has 22 heavy (non-hydrogen) atoms. The van der Waals surface area contributed by atoms with Crippen LogP contribution in [0.5, 0.6) is 11.5 Å². The summed E-state index contributed by atoms with van der Waals surface area (Å²) < 4.78 is 12.9. The monoisotopic (exact) mass is 321 g/mol. The molecule has 0 aliphatic rings. The van der Waals surface area contributed by atoms with Crippen molar-refractivity contribution >= 4 is 12.2 Å². The van der Waals surface area contributed by atoms with E-state index >= 15 is 0 Å². The highest BCUT2D eigenvalue weighted by atomic mass is 32.1. The molecule has 6 nitrogen and oxygen atoms in total. The van der Waals surface area contributed by atoms with Crippen LogP contribution in [0.3, 0.4) is 0 Å². The maximum atomic E-state index is 11.8. The first kappa shape index (κ1) is 16.3. The van der Waals surface area contributed by atoms with Crippen LogP contribution in [-0.4, -0.2) is 30.3 Å². The van der Waals surface area contributed by atoms with E-state index in [2.05, 4.69) is 4.98 Å². The molecule has 0 saturated carbocycles. The fourth-order valence-electron chi connectivity index (χ4n) is 2.35. The molecular weight excluding hydrogens is 302 g/mol. The van der Waals surface area contributed by atoms with Crippen LogP contribution in [0.15, 0.2) is 23.0 Å². The zero-order chi connectivity index (χ0) is 16.3. The molecule has 118 valence electrons. The quantitative estimate of drug-likeness (QED) is 0.821. The molecule has 0 saturated heterocycles. The standard InChI is InChI=1S/C15H19N3O3S/c1-9-6-10(13(21-3)8-12(9)20-2)11-7-14(19)17-15(22)18(11)5-4-16/h6-8H,4-5,16H2,1-3H3,(H,17,19,22). The van der Waals surface area contributed by atoms with Gasteiger partial charge in [0.05, 0.1) is 19.9 Å². The van der Waals surface area contributed by atoms with Gasteiger partial charge in [0, 0.05) is 30.8 Å². The summed E-state index contributed by atoms with van der Waals surface area (Å²) in [7, 11) is 3.17. The Kier molecular flexibility index (Phi) is 4.99. The number of H-pyrrole nitrogens is 1. The molecule has 1 heterocycles. The van der Waals surface area contributed by atoms with Crippen LogP contribution in [0.1, 0.15) is 5.56 Å². The first-order chi connectivity index (χ1) is 10.5. The van der Waals surface area contributed by atoms with E-state index in [1.165, 1.54) is 6.07 Å². The van der Waals surface area contributed by atoms with Crippen LogP contribution >= 0.6 is 12.2 Å². The van der Waals surface area contributed by atoms with Gasteiger partial charge in [0.15, 0.2) is 4.77 Å². The molecule has 0 spiro atoms. The van der Waals surface area contributed by atoms with Gasteiger partial charge in [-0.1, -0.05) is 0 Å². The normalized spacial score (nSPS) is 10.5. The number of nitrogens with two attached hydrogens (primary N) is 1. The third-order valence-corrected chi connectivity index (χ3v) is 3.70. The number of ether oxygens (including phenoxy) is 2. The molecule has 0 unspecified atom stereocenters. The van der Waals surface area contributed by atoms with Crippen molar-refractivity contribution in [1.29, 1.82) is 0 Å². The van der Waals surface area contributed by atoms with Crippen molar-refractivity contribution in [3.05, 3.63) is 38.9 Å². The van der Waals surface area contributed by atoms with E-state index in [1.807, 2.05) is 13.0 Å². The molecule has 0 radical (unpaired) electrons. The molecule has 0 bridgehead atoms. The van der Waals surface area contributed by atoms with Gasteiger partial charge in [-0.25, -0.2) is 0 Å². The van der Waals surface area contributed by atoms with Crippen molar-refractivity contribution in [3.63, 3.8) is 0 Å². The van der Waals surface area contributed by atoms with Crippen molar-refractivity contribution in [1.82, 2.24) is 9.55 Å². The third kappa shape index (κ3) is 3.05. The predicted molar refractivity (Wildman–Crippen MR) is 88.2 cm³/mol. The predicted octanol–water partition coefficient (Wildman–Crippen LogP) is 1.86. The molecule has 0 amide bonds. The van der Waals surface area contributed by atoms with Crippen molar-refractivity contribution < 1.29 is 9.47 Å². The van der Waals surface area contributed by atoms with E-state index in [1.54, 1.807) is 24.9 Å². The molecule has 0 aliphatic carbocycles. The molecule has 0 fully saturated rings. The number of rotatable bonds is 5. The van der Waals surface area contributed by atoms with E-state index in [0.717, 1.165) is 16.9 Å². The number of hydrogen-bond acceptors (Lipinski definition) is 5. The minimum Gasteiger partial charge on any atom is -0.496 e. The maximum Gasteiger partial charge on any atom is 0.252 e. The minimum absolute atomic E-state index is 0.260. The van der Waals surface area contributed by atoms with E-state index < -0.39 is 0 Å². The number of aromatic nitrogens is 2. The number of hydrogen-bond donors (Lipinski definition) is 2. The van der Waals surface area contributed by atoms with Crippen LogP contribution in [0.4, 0.5) is 0 Å². The van der Waals surface area contributed by atoms with E-state index in [9.17, 15) is 4.79 Å². The van der Waals surface area contributed by atoms with Crippen molar-refractivity contribution in [3.8, 4) is 22.8 Å². The Morgan fingerprint density at radius 1 is 1.23 bits per heavy atom. The summed E-state index contributed by atoms with van der Waals surface area (Å²) in [4.78, 5) is 14.4. The van der Waals surface area contributed by atoms with E-state index in [4.69, 9.17) is 27.4 Å². The van der Waals surface area contributed by atoms with Gasteiger partial charge in [0.2, 0.25) is 0 Å². The molecular formula is C15H19N3O3S. The van der Waals surface area contributed by atoms with Crippen molar-refractivity contribution in [2.75, 3.05) is 20.8 Å². The van der Waals surface area contributed by atoms with Crippen LogP contribution in [0.25, 0.3) is 11.3 Å². The first-order valence-electron chi connectivity index (χ1n) is 6.79. The molecule has 1 aromatic carbocycles. The van der Waals surface area contributed by atoms with Gasteiger partial charge < -0.3 is 19.8 Å². The molecule has 1 aromatic heterocycles. The Morgan fingerprint density at radius 2 is 1.91 bits per heavy atom. The zero-order valence-corrected chi connectivity index (χ0v) is 13.6. The second-order valence-corrected chi connectivity index (χ2v) is 5.17. The Labute approximate surface area is 133 Å². The molecule has 3 N–H and O–H groups in total. The number of methoxy groups -OCH3 is 2. The van der Waals surface area contributed by atoms with Crippen LogP contribution in [0, 0.1) is 11.7 Å². The summed E-state index contributed by atoms with van der Waals surface area (Å²) in [5.41, 5.74) is 7.76. The number of aromatic amines is 1. The van der Waals surface area contributed by atoms with Gasteiger partial charge in [0.1, 0.15) is 11.5 Å². The molecule has 0 aliphatic heterocycles. The average Bonchev–Trinajstić information content (AvgIpc) is 2.49. The minimum atomic E-state index is -0.260. The fraction of sp³-hybridized carbons (Fsp3) is 0.333. The van der Waals surface area contributed by atoms with Crippen LogP contribution in [0.2, 0.25) is 0 Å².